The molecule has 2 heterocycles. The van der Waals surface area contributed by atoms with Gasteiger partial charge in [0.05, 0.1) is 5.51 Å². The number of nitrogens with one attached hydrogen (secondary N) is 1. The molecule has 0 unspecified atom stereocenters. The average molecular weight is 208 g/mol. The number of carbonyl (C=O) groups is 1. The number of hydrogen-bond donors (Lipinski definition) is 1. The zero-order chi connectivity index (χ0) is 9.97. The Kier molecular flexibility index (Phi) is 2.28. The van der Waals surface area contributed by atoms with Gasteiger partial charge in [-0.25, -0.2) is 4.98 Å². The molecular formula is C8H8N4OS. The molecule has 0 saturated heterocycles. The first-order chi connectivity index (χ1) is 6.75. The highest BCUT2D eigenvalue weighted by Crippen LogP contribution is 2.06. The van der Waals surface area contributed by atoms with Gasteiger partial charge in [-0.2, -0.15) is 5.10 Å². The monoisotopic (exact) mass is 208 g/mol. The number of aromatic nitrogens is 3. The molecule has 0 aliphatic carbocycles. The van der Waals surface area contributed by atoms with Gasteiger partial charge in [-0.05, 0) is 0 Å². The Labute approximate surface area is 84.4 Å². The highest BCUT2D eigenvalue weighted by Gasteiger charge is 2.08. The van der Waals surface area contributed by atoms with Crippen LogP contribution in [-0.2, 0) is 7.05 Å². The summed E-state index contributed by atoms with van der Waals surface area (Å²) >= 11 is 1.39. The third-order valence-corrected chi connectivity index (χ3v) is 2.21. The van der Waals surface area contributed by atoms with Crippen molar-refractivity contribution >= 4 is 23.1 Å². The molecule has 1 amide bonds. The van der Waals surface area contributed by atoms with Gasteiger partial charge in [-0.1, -0.05) is 0 Å². The van der Waals surface area contributed by atoms with Crippen molar-refractivity contribution in [1.29, 1.82) is 0 Å². The highest BCUT2D eigenvalue weighted by atomic mass is 32.1. The third-order valence-electron chi connectivity index (χ3n) is 1.62. The predicted octanol–water partition coefficient (Wildman–Crippen LogP) is 1.13. The first-order valence-corrected chi connectivity index (χ1v) is 4.89. The van der Waals surface area contributed by atoms with Crippen LogP contribution in [0.25, 0.3) is 0 Å². The summed E-state index contributed by atoms with van der Waals surface area (Å²) in [5.74, 6) is 0.301. The van der Waals surface area contributed by atoms with Crippen LogP contribution in [0.4, 0.5) is 5.82 Å². The topological polar surface area (TPSA) is 59.8 Å². The smallest absolute Gasteiger partial charge is 0.276 e. The van der Waals surface area contributed by atoms with Crippen LogP contribution in [-0.4, -0.2) is 20.7 Å². The van der Waals surface area contributed by atoms with Crippen LogP contribution in [0.3, 0.4) is 0 Å². The van der Waals surface area contributed by atoms with Crippen molar-refractivity contribution in [3.8, 4) is 0 Å². The summed E-state index contributed by atoms with van der Waals surface area (Å²) in [4.78, 5) is 15.4. The number of anilines is 1. The molecule has 2 aromatic rings. The summed E-state index contributed by atoms with van der Waals surface area (Å²) in [5, 5.41) is 8.35. The lowest BCUT2D eigenvalue weighted by Crippen LogP contribution is -2.12. The van der Waals surface area contributed by atoms with Crippen molar-refractivity contribution in [2.45, 2.75) is 0 Å². The van der Waals surface area contributed by atoms with Crippen LogP contribution < -0.4 is 5.32 Å². The van der Waals surface area contributed by atoms with Crippen molar-refractivity contribution in [2.75, 3.05) is 5.32 Å². The van der Waals surface area contributed by atoms with E-state index in [9.17, 15) is 4.79 Å². The fourth-order valence-electron chi connectivity index (χ4n) is 0.987. The van der Waals surface area contributed by atoms with Crippen molar-refractivity contribution < 1.29 is 4.79 Å². The van der Waals surface area contributed by atoms with Gasteiger partial charge in [0.25, 0.3) is 5.91 Å². The molecule has 5 nitrogen and oxygen atoms in total. The van der Waals surface area contributed by atoms with Gasteiger partial charge in [0.1, 0.15) is 5.69 Å². The molecule has 6 heteroatoms. The molecule has 0 aliphatic heterocycles. The van der Waals surface area contributed by atoms with Crippen molar-refractivity contribution in [3.63, 3.8) is 0 Å². The SMILES string of the molecule is Cn1ccc(NC(=O)c2cscn2)n1. The maximum atomic E-state index is 11.5. The zero-order valence-electron chi connectivity index (χ0n) is 7.47. The van der Waals surface area contributed by atoms with Crippen LogP contribution >= 0.6 is 11.3 Å². The lowest BCUT2D eigenvalue weighted by molar-refractivity contribution is 0.102. The first kappa shape index (κ1) is 8.89. The fraction of sp³-hybridized carbons (Fsp3) is 0.125. The molecule has 14 heavy (non-hydrogen) atoms. The molecule has 0 radical (unpaired) electrons. The molecule has 0 fully saturated rings. The third kappa shape index (κ3) is 1.80. The standard InChI is InChI=1S/C8H8N4OS/c1-12-3-2-7(11-12)10-8(13)6-4-14-5-9-6/h2-5H,1H3,(H,10,11,13). The molecule has 1 N–H and O–H groups in total. The van der Waals surface area contributed by atoms with Crippen LogP contribution in [0.1, 0.15) is 10.5 Å². The van der Waals surface area contributed by atoms with E-state index >= 15 is 0 Å². The molecule has 0 atom stereocenters. The lowest BCUT2D eigenvalue weighted by Gasteiger charge is -1.96. The predicted molar refractivity (Wildman–Crippen MR) is 53.3 cm³/mol. The molecule has 0 bridgehead atoms. The largest absolute Gasteiger partial charge is 0.304 e. The number of carbonyl (C=O) groups excluding carboxylic acids is 1. The minimum absolute atomic E-state index is 0.232. The van der Waals surface area contributed by atoms with E-state index in [1.54, 1.807) is 34.9 Å². The average Bonchev–Trinajstić information content (AvgIpc) is 2.75. The van der Waals surface area contributed by atoms with E-state index in [4.69, 9.17) is 0 Å². The number of rotatable bonds is 2. The number of hydrogen-bond acceptors (Lipinski definition) is 4. The Morgan fingerprint density at radius 1 is 1.64 bits per heavy atom. The van der Waals surface area contributed by atoms with Gasteiger partial charge >= 0.3 is 0 Å². The van der Waals surface area contributed by atoms with Gasteiger partial charge in [0, 0.05) is 24.7 Å². The first-order valence-electron chi connectivity index (χ1n) is 3.95. The minimum Gasteiger partial charge on any atom is -0.304 e. The summed E-state index contributed by atoms with van der Waals surface area (Å²) in [6, 6.07) is 1.73. The summed E-state index contributed by atoms with van der Waals surface area (Å²) < 4.78 is 1.62. The Balaban J connectivity index is 2.09. The van der Waals surface area contributed by atoms with E-state index < -0.39 is 0 Å². The van der Waals surface area contributed by atoms with Gasteiger partial charge in [0.2, 0.25) is 0 Å². The quantitative estimate of drug-likeness (QED) is 0.804. The summed E-state index contributed by atoms with van der Waals surface area (Å²) in [6.45, 7) is 0. The van der Waals surface area contributed by atoms with Gasteiger partial charge in [-0.15, -0.1) is 11.3 Å². The summed E-state index contributed by atoms with van der Waals surface area (Å²) in [6.07, 6.45) is 1.76. The van der Waals surface area contributed by atoms with Crippen LogP contribution in [0, 0.1) is 0 Å². The Hall–Kier alpha value is -1.69. The second kappa shape index (κ2) is 3.59. The van der Waals surface area contributed by atoms with Crippen LogP contribution in [0.15, 0.2) is 23.2 Å². The Morgan fingerprint density at radius 3 is 3.07 bits per heavy atom. The summed E-state index contributed by atoms with van der Waals surface area (Å²) in [7, 11) is 1.79. The number of amides is 1. The number of aryl methyl sites for hydroxylation is 1. The van der Waals surface area contributed by atoms with Gasteiger partial charge in [0.15, 0.2) is 5.82 Å². The molecule has 72 valence electrons. The van der Waals surface area contributed by atoms with E-state index in [0.29, 0.717) is 11.5 Å². The number of nitrogens with zero attached hydrogens (tertiary/aromatic N) is 3. The van der Waals surface area contributed by atoms with E-state index in [2.05, 4.69) is 15.4 Å². The van der Waals surface area contributed by atoms with Crippen LogP contribution in [0.2, 0.25) is 0 Å². The second-order valence-corrected chi connectivity index (χ2v) is 3.42. The van der Waals surface area contributed by atoms with E-state index in [1.807, 2.05) is 0 Å². The number of thiazole rings is 1. The Morgan fingerprint density at radius 2 is 2.50 bits per heavy atom. The second-order valence-electron chi connectivity index (χ2n) is 2.70. The fourth-order valence-corrected chi connectivity index (χ4v) is 1.52. The maximum Gasteiger partial charge on any atom is 0.276 e. The van der Waals surface area contributed by atoms with Crippen LogP contribution in [0.5, 0.6) is 0 Å². The molecule has 0 aromatic carbocycles. The van der Waals surface area contributed by atoms with E-state index in [1.165, 1.54) is 11.3 Å². The normalized spacial score (nSPS) is 10.1. The molecule has 0 saturated carbocycles. The van der Waals surface area contributed by atoms with Gasteiger partial charge < -0.3 is 5.32 Å². The van der Waals surface area contributed by atoms with E-state index in [0.717, 1.165) is 0 Å². The molecular weight excluding hydrogens is 200 g/mol. The van der Waals surface area contributed by atoms with E-state index in [-0.39, 0.29) is 5.91 Å². The van der Waals surface area contributed by atoms with Crippen molar-refractivity contribution in [1.82, 2.24) is 14.8 Å². The molecule has 2 rings (SSSR count). The zero-order valence-corrected chi connectivity index (χ0v) is 8.28. The lowest BCUT2D eigenvalue weighted by atomic mass is 10.4. The summed E-state index contributed by atoms with van der Waals surface area (Å²) in [5.41, 5.74) is 2.04. The van der Waals surface area contributed by atoms with Crippen molar-refractivity contribution in [3.05, 3.63) is 28.8 Å². The molecule has 0 aliphatic rings. The van der Waals surface area contributed by atoms with Crippen molar-refractivity contribution in [2.24, 2.45) is 7.05 Å². The van der Waals surface area contributed by atoms with Gasteiger partial charge in [-0.3, -0.25) is 9.48 Å². The minimum atomic E-state index is -0.232. The molecule has 2 aromatic heterocycles. The maximum absolute atomic E-state index is 11.5. The highest BCUT2D eigenvalue weighted by molar-refractivity contribution is 7.07. The molecule has 0 spiro atoms. The Bertz CT molecular complexity index is 434.